The molecule has 0 aliphatic heterocycles. The third-order valence-corrected chi connectivity index (χ3v) is 3.47. The van der Waals surface area contributed by atoms with Crippen molar-refractivity contribution in [2.24, 2.45) is 11.7 Å². The van der Waals surface area contributed by atoms with E-state index in [4.69, 9.17) is 11.7 Å². The highest BCUT2D eigenvalue weighted by Gasteiger charge is 2.20. The summed E-state index contributed by atoms with van der Waals surface area (Å²) in [6.07, 6.45) is 0. The van der Waals surface area contributed by atoms with Gasteiger partial charge >= 0.3 is 0 Å². The van der Waals surface area contributed by atoms with E-state index in [-0.39, 0.29) is 11.4 Å². The maximum absolute atomic E-state index is 11.5. The van der Waals surface area contributed by atoms with Crippen molar-refractivity contribution in [2.75, 3.05) is 0 Å². The fraction of sp³-hybridized carbons (Fsp3) is 0.222. The van der Waals surface area contributed by atoms with E-state index in [0.717, 1.165) is 0 Å². The number of rotatable bonds is 2. The van der Waals surface area contributed by atoms with Gasteiger partial charge < -0.3 is 0 Å². The summed E-state index contributed by atoms with van der Waals surface area (Å²) in [5, 5.41) is 0. The number of nitrogens with one attached hydrogen (secondary N) is 2. The van der Waals surface area contributed by atoms with Gasteiger partial charge in [-0.05, 0) is 25.0 Å². The molecule has 0 aromatic carbocycles. The third kappa shape index (κ3) is 2.43. The molecule has 2 amide bonds. The lowest BCUT2D eigenvalue weighted by atomic mass is 10.1. The number of hydrazine groups is 2. The quantitative estimate of drug-likeness (QED) is 0.338. The standard InChI is InChI=1S/C9H12BrN5O2/c1-3-5(10)4(2)7(9(17)15-12)13-6(3)8(16)14-11/h11-12H2,1-2H3,(H,14,16)(H,15,17). The third-order valence-electron chi connectivity index (χ3n) is 2.28. The molecule has 0 radical (unpaired) electrons. The zero-order valence-electron chi connectivity index (χ0n) is 9.30. The number of carbonyl (C=O) groups is 2. The average Bonchev–Trinajstić information content (AvgIpc) is 2.34. The minimum absolute atomic E-state index is 0.0728. The van der Waals surface area contributed by atoms with E-state index >= 15 is 0 Å². The van der Waals surface area contributed by atoms with Gasteiger partial charge in [0.2, 0.25) is 0 Å². The van der Waals surface area contributed by atoms with Crippen molar-refractivity contribution in [3.63, 3.8) is 0 Å². The molecule has 0 unspecified atom stereocenters. The van der Waals surface area contributed by atoms with Gasteiger partial charge in [0.05, 0.1) is 0 Å². The fourth-order valence-corrected chi connectivity index (χ4v) is 1.72. The van der Waals surface area contributed by atoms with Crippen LogP contribution >= 0.6 is 15.9 Å². The van der Waals surface area contributed by atoms with Crippen molar-refractivity contribution in [1.29, 1.82) is 0 Å². The fourth-order valence-electron chi connectivity index (χ4n) is 1.35. The maximum Gasteiger partial charge on any atom is 0.284 e. The zero-order valence-corrected chi connectivity index (χ0v) is 10.9. The average molecular weight is 302 g/mol. The Balaban J connectivity index is 3.49. The topological polar surface area (TPSA) is 123 Å². The molecule has 0 aliphatic carbocycles. The Hall–Kier alpha value is -1.51. The van der Waals surface area contributed by atoms with Crippen LogP contribution in [0.5, 0.6) is 0 Å². The summed E-state index contributed by atoms with van der Waals surface area (Å²) in [7, 11) is 0. The Morgan fingerprint density at radius 3 is 1.71 bits per heavy atom. The molecule has 1 aromatic heterocycles. The highest BCUT2D eigenvalue weighted by atomic mass is 79.9. The van der Waals surface area contributed by atoms with Gasteiger partial charge in [-0.25, -0.2) is 16.7 Å². The summed E-state index contributed by atoms with van der Waals surface area (Å²) < 4.78 is 0.615. The summed E-state index contributed by atoms with van der Waals surface area (Å²) in [6.45, 7) is 3.39. The van der Waals surface area contributed by atoms with Gasteiger partial charge in [0.25, 0.3) is 11.8 Å². The number of amides is 2. The molecule has 0 spiro atoms. The first-order chi connectivity index (χ1) is 7.93. The Bertz CT molecular complexity index is 449. The van der Waals surface area contributed by atoms with Crippen LogP contribution < -0.4 is 22.5 Å². The van der Waals surface area contributed by atoms with Crippen molar-refractivity contribution >= 4 is 27.7 Å². The molecule has 0 saturated heterocycles. The summed E-state index contributed by atoms with van der Waals surface area (Å²) >= 11 is 3.29. The van der Waals surface area contributed by atoms with Gasteiger partial charge in [-0.15, -0.1) is 0 Å². The van der Waals surface area contributed by atoms with Crippen molar-refractivity contribution in [3.05, 3.63) is 27.0 Å². The highest BCUT2D eigenvalue weighted by molar-refractivity contribution is 9.10. The van der Waals surface area contributed by atoms with E-state index in [2.05, 4.69) is 20.9 Å². The summed E-state index contributed by atoms with van der Waals surface area (Å²) in [4.78, 5) is 26.9. The molecule has 0 fully saturated rings. The maximum atomic E-state index is 11.5. The van der Waals surface area contributed by atoms with Gasteiger partial charge in [-0.2, -0.15) is 0 Å². The second-order valence-corrected chi connectivity index (χ2v) is 4.11. The van der Waals surface area contributed by atoms with Gasteiger partial charge in [-0.1, -0.05) is 15.9 Å². The molecule has 1 aromatic rings. The van der Waals surface area contributed by atoms with E-state index in [1.807, 2.05) is 10.9 Å². The lowest BCUT2D eigenvalue weighted by molar-refractivity contribution is 0.0943. The number of carbonyl (C=O) groups excluding carboxylic acids is 2. The molecule has 92 valence electrons. The first-order valence-electron chi connectivity index (χ1n) is 4.62. The van der Waals surface area contributed by atoms with E-state index < -0.39 is 11.8 Å². The van der Waals surface area contributed by atoms with Crippen molar-refractivity contribution < 1.29 is 9.59 Å². The highest BCUT2D eigenvalue weighted by Crippen LogP contribution is 2.25. The summed E-state index contributed by atoms with van der Waals surface area (Å²) in [6, 6.07) is 0. The van der Waals surface area contributed by atoms with Crippen LogP contribution in [-0.4, -0.2) is 16.8 Å². The second-order valence-electron chi connectivity index (χ2n) is 3.32. The van der Waals surface area contributed by atoms with Crippen LogP contribution in [-0.2, 0) is 0 Å². The number of nitrogens with zero attached hydrogens (tertiary/aromatic N) is 1. The van der Waals surface area contributed by atoms with Crippen LogP contribution in [0.25, 0.3) is 0 Å². The molecule has 1 heterocycles. The summed E-state index contributed by atoms with van der Waals surface area (Å²) in [5.41, 5.74) is 5.27. The first-order valence-corrected chi connectivity index (χ1v) is 5.41. The lowest BCUT2D eigenvalue weighted by Gasteiger charge is -2.12. The van der Waals surface area contributed by atoms with E-state index in [0.29, 0.717) is 15.6 Å². The van der Waals surface area contributed by atoms with Crippen LogP contribution in [0, 0.1) is 13.8 Å². The van der Waals surface area contributed by atoms with Gasteiger partial charge in [0.15, 0.2) is 0 Å². The van der Waals surface area contributed by atoms with Crippen molar-refractivity contribution in [1.82, 2.24) is 15.8 Å². The number of pyridine rings is 1. The van der Waals surface area contributed by atoms with E-state index in [9.17, 15) is 9.59 Å². The largest absolute Gasteiger partial charge is 0.289 e. The molecule has 8 heteroatoms. The van der Waals surface area contributed by atoms with Crippen LogP contribution in [0.1, 0.15) is 32.1 Å². The molecule has 0 saturated carbocycles. The number of hydrogen-bond acceptors (Lipinski definition) is 5. The Morgan fingerprint density at radius 1 is 1.06 bits per heavy atom. The number of nitrogen functional groups attached to an aromatic ring is 2. The number of aromatic nitrogens is 1. The molecule has 0 aliphatic rings. The minimum atomic E-state index is -0.575. The molecule has 1 rings (SSSR count). The number of nitrogens with two attached hydrogens (primary N) is 2. The zero-order chi connectivity index (χ0) is 13.2. The molecule has 7 nitrogen and oxygen atoms in total. The summed E-state index contributed by atoms with van der Waals surface area (Å²) in [5.74, 6) is 8.93. The van der Waals surface area contributed by atoms with Gasteiger partial charge in [0, 0.05) is 4.47 Å². The van der Waals surface area contributed by atoms with Crippen molar-refractivity contribution in [2.45, 2.75) is 13.8 Å². The first kappa shape index (κ1) is 13.6. The monoisotopic (exact) mass is 301 g/mol. The van der Waals surface area contributed by atoms with Crippen LogP contribution in [0.2, 0.25) is 0 Å². The number of halogens is 1. The smallest absolute Gasteiger partial charge is 0.284 e. The molecule has 0 atom stereocenters. The van der Waals surface area contributed by atoms with Crippen molar-refractivity contribution in [3.8, 4) is 0 Å². The van der Waals surface area contributed by atoms with Gasteiger partial charge in [0.1, 0.15) is 11.4 Å². The Labute approximate surface area is 106 Å². The van der Waals surface area contributed by atoms with Gasteiger partial charge in [-0.3, -0.25) is 20.4 Å². The predicted octanol–water partition coefficient (Wildman–Crippen LogP) is -0.332. The second kappa shape index (κ2) is 5.21. The predicted molar refractivity (Wildman–Crippen MR) is 64.7 cm³/mol. The number of hydrogen-bond donors (Lipinski definition) is 4. The molecular formula is C9H12BrN5O2. The van der Waals surface area contributed by atoms with E-state index in [1.54, 1.807) is 13.8 Å². The SMILES string of the molecule is Cc1c(C(=O)NN)nc(C(=O)NN)c(C)c1Br. The lowest BCUT2D eigenvalue weighted by Crippen LogP contribution is -2.34. The minimum Gasteiger partial charge on any atom is -0.289 e. The van der Waals surface area contributed by atoms with Crippen LogP contribution in [0.4, 0.5) is 0 Å². The molecule has 0 bridgehead atoms. The van der Waals surface area contributed by atoms with Crippen LogP contribution in [0.15, 0.2) is 4.47 Å². The van der Waals surface area contributed by atoms with E-state index in [1.165, 1.54) is 0 Å². The molecule has 17 heavy (non-hydrogen) atoms. The Kier molecular flexibility index (Phi) is 4.16. The van der Waals surface area contributed by atoms with Crippen LogP contribution in [0.3, 0.4) is 0 Å². The Morgan fingerprint density at radius 2 is 1.41 bits per heavy atom. The molecule has 6 N–H and O–H groups in total. The molecular weight excluding hydrogens is 290 g/mol. The normalized spacial score (nSPS) is 9.94.